The summed E-state index contributed by atoms with van der Waals surface area (Å²) >= 11 is 5.79. The Labute approximate surface area is 104 Å². The second-order valence-corrected chi connectivity index (χ2v) is 4.13. The highest BCUT2D eigenvalue weighted by Crippen LogP contribution is 2.35. The Hall–Kier alpha value is -1.58. The van der Waals surface area contributed by atoms with Gasteiger partial charge in [0.2, 0.25) is 0 Å². The minimum atomic E-state index is -0.975. The quantitative estimate of drug-likeness (QED) is 0.897. The number of rotatable bonds is 3. The number of carboxylic acids is 1. The zero-order valence-electron chi connectivity index (χ0n) is 9.02. The minimum Gasteiger partial charge on any atom is -0.478 e. The van der Waals surface area contributed by atoms with Crippen molar-refractivity contribution in [2.75, 3.05) is 6.61 Å². The van der Waals surface area contributed by atoms with Gasteiger partial charge in [0.05, 0.1) is 12.2 Å². The van der Waals surface area contributed by atoms with E-state index in [4.69, 9.17) is 16.3 Å². The molecule has 1 N–H and O–H groups in total. The van der Waals surface area contributed by atoms with E-state index in [0.717, 1.165) is 5.56 Å². The molecule has 0 spiro atoms. The van der Waals surface area contributed by atoms with E-state index in [2.05, 4.69) is 6.58 Å². The van der Waals surface area contributed by atoms with Crippen molar-refractivity contribution in [2.24, 2.45) is 0 Å². The van der Waals surface area contributed by atoms with Gasteiger partial charge in [-0.3, -0.25) is 0 Å². The van der Waals surface area contributed by atoms with Crippen LogP contribution in [0, 0.1) is 0 Å². The highest BCUT2D eigenvalue weighted by molar-refractivity contribution is 6.30. The highest BCUT2D eigenvalue weighted by atomic mass is 35.5. The topological polar surface area (TPSA) is 46.5 Å². The monoisotopic (exact) mass is 250 g/mol. The molecule has 0 saturated heterocycles. The second-order valence-electron chi connectivity index (χ2n) is 3.69. The summed E-state index contributed by atoms with van der Waals surface area (Å²) in [4.78, 5) is 11.2. The molecule has 17 heavy (non-hydrogen) atoms. The average molecular weight is 251 g/mol. The van der Waals surface area contributed by atoms with Crippen molar-refractivity contribution in [1.82, 2.24) is 0 Å². The van der Waals surface area contributed by atoms with E-state index in [0.29, 0.717) is 10.6 Å². The number of carbonyl (C=O) groups is 1. The summed E-state index contributed by atoms with van der Waals surface area (Å²) < 4.78 is 5.49. The van der Waals surface area contributed by atoms with E-state index in [-0.39, 0.29) is 12.2 Å². The molecule has 0 amide bonds. The summed E-state index contributed by atoms with van der Waals surface area (Å²) in [6.07, 6.45) is 0.983. The zero-order valence-corrected chi connectivity index (χ0v) is 9.78. The lowest BCUT2D eigenvalue weighted by Gasteiger charge is -2.12. The smallest absolute Gasteiger partial charge is 0.334 e. The minimum absolute atomic E-state index is 0.252. The molecule has 3 nitrogen and oxygen atoms in total. The van der Waals surface area contributed by atoms with Gasteiger partial charge in [-0.1, -0.05) is 36.4 Å². The molecular formula is C13H11ClO3. The molecule has 1 aliphatic heterocycles. The third-order valence-electron chi connectivity index (χ3n) is 2.66. The van der Waals surface area contributed by atoms with Crippen molar-refractivity contribution in [3.8, 4) is 0 Å². The van der Waals surface area contributed by atoms with Crippen LogP contribution >= 0.6 is 11.6 Å². The number of aliphatic carboxylic acids is 1. The summed E-state index contributed by atoms with van der Waals surface area (Å²) in [5, 5.41) is 9.80. The van der Waals surface area contributed by atoms with Gasteiger partial charge in [-0.25, -0.2) is 4.79 Å². The van der Waals surface area contributed by atoms with E-state index in [9.17, 15) is 9.90 Å². The van der Waals surface area contributed by atoms with Crippen molar-refractivity contribution < 1.29 is 14.6 Å². The molecule has 4 heteroatoms. The molecular weight excluding hydrogens is 240 g/mol. The molecule has 1 aromatic rings. The second kappa shape index (κ2) is 4.73. The molecule has 2 rings (SSSR count). The molecule has 0 aromatic heterocycles. The van der Waals surface area contributed by atoms with Crippen LogP contribution in [0.15, 0.2) is 48.1 Å². The molecule has 1 aliphatic rings. The first-order valence-electron chi connectivity index (χ1n) is 5.09. The number of hydrogen-bond acceptors (Lipinski definition) is 2. The molecule has 0 bridgehead atoms. The summed E-state index contributed by atoms with van der Waals surface area (Å²) in [6.45, 7) is 3.87. The Bertz CT molecular complexity index is 488. The van der Waals surface area contributed by atoms with Crippen molar-refractivity contribution in [3.05, 3.63) is 58.7 Å². The van der Waals surface area contributed by atoms with Crippen molar-refractivity contribution in [1.29, 1.82) is 0 Å². The van der Waals surface area contributed by atoms with E-state index >= 15 is 0 Å². The highest BCUT2D eigenvalue weighted by Gasteiger charge is 2.31. The van der Waals surface area contributed by atoms with E-state index in [1.807, 2.05) is 0 Å². The van der Waals surface area contributed by atoms with Gasteiger partial charge < -0.3 is 9.84 Å². The Morgan fingerprint density at radius 1 is 1.47 bits per heavy atom. The van der Waals surface area contributed by atoms with Crippen LogP contribution in [0.2, 0.25) is 5.02 Å². The van der Waals surface area contributed by atoms with Crippen LogP contribution in [0.1, 0.15) is 11.7 Å². The Balaban J connectivity index is 2.40. The fourth-order valence-electron chi connectivity index (χ4n) is 1.82. The first kappa shape index (κ1) is 11.9. The molecule has 0 saturated carbocycles. The van der Waals surface area contributed by atoms with Gasteiger partial charge in [0.25, 0.3) is 0 Å². The van der Waals surface area contributed by atoms with Crippen LogP contribution in [-0.4, -0.2) is 17.7 Å². The average Bonchev–Trinajstić information content (AvgIpc) is 2.73. The maximum Gasteiger partial charge on any atom is 0.334 e. The molecule has 0 radical (unpaired) electrons. The lowest BCUT2D eigenvalue weighted by molar-refractivity contribution is -0.133. The molecule has 0 aliphatic carbocycles. The summed E-state index contributed by atoms with van der Waals surface area (Å²) in [6, 6.07) is 6.96. The molecule has 1 aromatic carbocycles. The van der Waals surface area contributed by atoms with Gasteiger partial charge in [0, 0.05) is 5.02 Å². The number of hydrogen-bond donors (Lipinski definition) is 1. The third kappa shape index (κ3) is 2.25. The van der Waals surface area contributed by atoms with Gasteiger partial charge in [-0.15, -0.1) is 0 Å². The first-order chi connectivity index (χ1) is 8.13. The SMILES string of the molecule is C=CC1=C(C(=O)O)C(c2ccc(Cl)cc2)OC1. The van der Waals surface area contributed by atoms with Gasteiger partial charge in [0.1, 0.15) is 6.10 Å². The molecule has 0 fully saturated rings. The first-order valence-corrected chi connectivity index (χ1v) is 5.47. The number of carboxylic acid groups (broad SMARTS) is 1. The maximum absolute atomic E-state index is 11.2. The van der Waals surface area contributed by atoms with Crippen LogP contribution < -0.4 is 0 Å². The normalized spacial score (nSPS) is 19.5. The molecule has 1 heterocycles. The zero-order chi connectivity index (χ0) is 12.4. The summed E-state index contributed by atoms with van der Waals surface area (Å²) in [5.74, 6) is -0.975. The molecule has 1 unspecified atom stereocenters. The van der Waals surface area contributed by atoms with Crippen LogP contribution in [0.4, 0.5) is 0 Å². The number of halogens is 1. The molecule has 1 atom stereocenters. The standard InChI is InChI=1S/C13H11ClO3/c1-2-8-7-17-12(11(8)13(15)16)9-3-5-10(14)6-4-9/h2-6,12H,1,7H2,(H,15,16). The summed E-state index contributed by atoms with van der Waals surface area (Å²) in [7, 11) is 0. The van der Waals surface area contributed by atoms with Gasteiger partial charge in [-0.05, 0) is 23.3 Å². The molecule has 88 valence electrons. The van der Waals surface area contributed by atoms with Crippen molar-refractivity contribution >= 4 is 17.6 Å². The number of ether oxygens (including phenoxy) is 1. The predicted octanol–water partition coefficient (Wildman–Crippen LogP) is 2.98. The lowest BCUT2D eigenvalue weighted by Crippen LogP contribution is -2.09. The third-order valence-corrected chi connectivity index (χ3v) is 2.92. The van der Waals surface area contributed by atoms with Crippen LogP contribution in [0.5, 0.6) is 0 Å². The maximum atomic E-state index is 11.2. The Morgan fingerprint density at radius 2 is 2.12 bits per heavy atom. The van der Waals surface area contributed by atoms with Crippen LogP contribution in [0.25, 0.3) is 0 Å². The predicted molar refractivity (Wildman–Crippen MR) is 65.0 cm³/mol. The number of benzene rings is 1. The van der Waals surface area contributed by atoms with Gasteiger partial charge >= 0.3 is 5.97 Å². The van der Waals surface area contributed by atoms with E-state index in [1.165, 1.54) is 6.08 Å². The lowest BCUT2D eigenvalue weighted by atomic mass is 9.99. The van der Waals surface area contributed by atoms with Gasteiger partial charge in [0.15, 0.2) is 0 Å². The fourth-order valence-corrected chi connectivity index (χ4v) is 1.95. The van der Waals surface area contributed by atoms with Crippen LogP contribution in [0.3, 0.4) is 0 Å². The van der Waals surface area contributed by atoms with Crippen LogP contribution in [-0.2, 0) is 9.53 Å². The van der Waals surface area contributed by atoms with Crippen molar-refractivity contribution in [2.45, 2.75) is 6.10 Å². The van der Waals surface area contributed by atoms with E-state index in [1.54, 1.807) is 24.3 Å². The van der Waals surface area contributed by atoms with Crippen molar-refractivity contribution in [3.63, 3.8) is 0 Å². The van der Waals surface area contributed by atoms with Gasteiger partial charge in [-0.2, -0.15) is 0 Å². The largest absolute Gasteiger partial charge is 0.478 e. The Kier molecular flexibility index (Phi) is 3.31. The Morgan fingerprint density at radius 3 is 2.65 bits per heavy atom. The van der Waals surface area contributed by atoms with E-state index < -0.39 is 12.1 Å². The summed E-state index contributed by atoms with van der Waals surface area (Å²) in [5.41, 5.74) is 1.66. The fraction of sp³-hybridized carbons (Fsp3) is 0.154.